The highest BCUT2D eigenvalue weighted by atomic mass is 19.1. The van der Waals surface area contributed by atoms with Crippen LogP contribution in [-0.4, -0.2) is 48.2 Å². The summed E-state index contributed by atoms with van der Waals surface area (Å²) in [6, 6.07) is 6.76. The van der Waals surface area contributed by atoms with Gasteiger partial charge in [-0.3, -0.25) is 9.78 Å². The number of anilines is 2. The molecule has 2 aromatic heterocycles. The van der Waals surface area contributed by atoms with Crippen molar-refractivity contribution in [3.8, 4) is 22.8 Å². The standard InChI is InChI=1S/C24H26FN5O3/c1-13(16-7-10-27-16)33-19-12-26-9-6-14(19)21-22(20-17(29-21)8-11-28-24(20)31)30-18-5-3-4-15(25)23(18)32-2/h3-6,9,12-13,16,27,29-30H,7-8,10-11H2,1-2H3,(H,28,31)/t13-,16-/m1/s1. The van der Waals surface area contributed by atoms with Crippen LogP contribution in [0.4, 0.5) is 15.8 Å². The van der Waals surface area contributed by atoms with Gasteiger partial charge in [0, 0.05) is 36.5 Å². The zero-order chi connectivity index (χ0) is 22.9. The van der Waals surface area contributed by atoms with E-state index < -0.39 is 5.82 Å². The average Bonchev–Trinajstić information content (AvgIpc) is 3.12. The number of aromatic nitrogens is 2. The first kappa shape index (κ1) is 21.3. The molecular weight excluding hydrogens is 425 g/mol. The molecule has 0 aliphatic carbocycles. The first-order valence-corrected chi connectivity index (χ1v) is 11.0. The molecule has 0 spiro atoms. The number of carbonyl (C=O) groups excluding carboxylic acids is 1. The Morgan fingerprint density at radius 1 is 1.27 bits per heavy atom. The second kappa shape index (κ2) is 8.74. The number of pyridine rings is 1. The Balaban J connectivity index is 1.61. The smallest absolute Gasteiger partial charge is 0.255 e. The van der Waals surface area contributed by atoms with Gasteiger partial charge < -0.3 is 30.4 Å². The van der Waals surface area contributed by atoms with Gasteiger partial charge in [0.15, 0.2) is 11.6 Å². The van der Waals surface area contributed by atoms with Crippen molar-refractivity contribution >= 4 is 17.3 Å². The van der Waals surface area contributed by atoms with E-state index in [1.54, 1.807) is 24.5 Å². The van der Waals surface area contributed by atoms with Crippen LogP contribution in [-0.2, 0) is 6.42 Å². The molecule has 0 saturated carbocycles. The Morgan fingerprint density at radius 2 is 2.12 bits per heavy atom. The van der Waals surface area contributed by atoms with Crippen LogP contribution in [0.2, 0.25) is 0 Å². The highest BCUT2D eigenvalue weighted by Crippen LogP contribution is 2.42. The molecule has 1 fully saturated rings. The van der Waals surface area contributed by atoms with Crippen molar-refractivity contribution in [2.45, 2.75) is 31.9 Å². The summed E-state index contributed by atoms with van der Waals surface area (Å²) < 4.78 is 25.9. The lowest BCUT2D eigenvalue weighted by atomic mass is 10.0. The number of methoxy groups -OCH3 is 1. The Labute approximate surface area is 190 Å². The predicted molar refractivity (Wildman–Crippen MR) is 123 cm³/mol. The lowest BCUT2D eigenvalue weighted by Gasteiger charge is -2.33. The Morgan fingerprint density at radius 3 is 2.88 bits per heavy atom. The average molecular weight is 452 g/mol. The van der Waals surface area contributed by atoms with Crippen molar-refractivity contribution < 1.29 is 18.7 Å². The van der Waals surface area contributed by atoms with Crippen LogP contribution < -0.4 is 25.4 Å². The summed E-state index contributed by atoms with van der Waals surface area (Å²) in [6.45, 7) is 3.55. The normalized spacial score (nSPS) is 18.0. The van der Waals surface area contributed by atoms with Gasteiger partial charge >= 0.3 is 0 Å². The van der Waals surface area contributed by atoms with E-state index in [1.807, 2.05) is 13.0 Å². The molecule has 1 amide bonds. The topological polar surface area (TPSA) is 100 Å². The number of halogens is 1. The second-order valence-electron chi connectivity index (χ2n) is 8.22. The lowest BCUT2D eigenvalue weighted by Crippen LogP contribution is -2.51. The third-order valence-electron chi connectivity index (χ3n) is 6.19. The summed E-state index contributed by atoms with van der Waals surface area (Å²) in [5.41, 5.74) is 3.70. The molecule has 1 aromatic carbocycles. The molecule has 0 unspecified atom stereocenters. The number of carbonyl (C=O) groups is 1. The number of para-hydroxylation sites is 1. The number of amides is 1. The minimum absolute atomic E-state index is 0.0469. The third kappa shape index (κ3) is 3.89. The SMILES string of the molecule is COc1c(F)cccc1Nc1c(-c2ccncc2O[C@H](C)[C@H]2CCN2)[nH]c2c1C(=O)NCC2. The molecule has 9 heteroatoms. The van der Waals surface area contributed by atoms with Gasteiger partial charge in [-0.1, -0.05) is 6.07 Å². The van der Waals surface area contributed by atoms with Gasteiger partial charge in [0.25, 0.3) is 5.91 Å². The number of nitrogens with one attached hydrogen (secondary N) is 4. The molecular formula is C24H26FN5O3. The Bertz CT molecular complexity index is 1190. The second-order valence-corrected chi connectivity index (χ2v) is 8.22. The first-order chi connectivity index (χ1) is 16.1. The summed E-state index contributed by atoms with van der Waals surface area (Å²) in [4.78, 5) is 20.5. The maximum Gasteiger partial charge on any atom is 0.255 e. The fourth-order valence-corrected chi connectivity index (χ4v) is 4.33. The molecule has 2 atom stereocenters. The molecule has 4 N–H and O–H groups in total. The summed E-state index contributed by atoms with van der Waals surface area (Å²) in [5.74, 6) is -0.00898. The van der Waals surface area contributed by atoms with E-state index in [9.17, 15) is 9.18 Å². The zero-order valence-corrected chi connectivity index (χ0v) is 18.5. The van der Waals surface area contributed by atoms with E-state index in [1.165, 1.54) is 13.2 Å². The van der Waals surface area contributed by atoms with E-state index >= 15 is 0 Å². The van der Waals surface area contributed by atoms with E-state index in [-0.39, 0.29) is 23.8 Å². The number of hydrogen-bond acceptors (Lipinski definition) is 6. The van der Waals surface area contributed by atoms with Crippen molar-refractivity contribution in [3.63, 3.8) is 0 Å². The zero-order valence-electron chi connectivity index (χ0n) is 18.5. The molecule has 5 rings (SSSR count). The highest BCUT2D eigenvalue weighted by molar-refractivity contribution is 6.06. The fourth-order valence-electron chi connectivity index (χ4n) is 4.33. The molecule has 0 radical (unpaired) electrons. The minimum Gasteiger partial charge on any atom is -0.492 e. The monoisotopic (exact) mass is 451 g/mol. The summed E-state index contributed by atoms with van der Waals surface area (Å²) in [6.07, 6.45) is 5.02. The lowest BCUT2D eigenvalue weighted by molar-refractivity contribution is 0.0947. The van der Waals surface area contributed by atoms with E-state index in [2.05, 4.69) is 25.9 Å². The van der Waals surface area contributed by atoms with Crippen molar-refractivity contribution in [3.05, 3.63) is 53.7 Å². The predicted octanol–water partition coefficient (Wildman–Crippen LogP) is 3.38. The van der Waals surface area contributed by atoms with E-state index in [4.69, 9.17) is 9.47 Å². The van der Waals surface area contributed by atoms with Crippen LogP contribution in [0.15, 0.2) is 36.7 Å². The first-order valence-electron chi connectivity index (χ1n) is 11.0. The van der Waals surface area contributed by atoms with Crippen molar-refractivity contribution in [1.29, 1.82) is 0 Å². The fraction of sp³-hybridized carbons (Fsp3) is 0.333. The number of aromatic amines is 1. The molecule has 8 nitrogen and oxygen atoms in total. The Hall–Kier alpha value is -3.59. The molecule has 2 aliphatic heterocycles. The number of ether oxygens (including phenoxy) is 2. The van der Waals surface area contributed by atoms with Crippen LogP contribution in [0, 0.1) is 5.82 Å². The van der Waals surface area contributed by atoms with E-state index in [0.717, 1.165) is 24.2 Å². The number of hydrogen-bond donors (Lipinski definition) is 4. The largest absolute Gasteiger partial charge is 0.492 e. The molecule has 1 saturated heterocycles. The quantitative estimate of drug-likeness (QED) is 0.440. The maximum absolute atomic E-state index is 14.4. The van der Waals surface area contributed by atoms with Crippen molar-refractivity contribution in [2.24, 2.45) is 0 Å². The number of H-pyrrole nitrogens is 1. The summed E-state index contributed by atoms with van der Waals surface area (Å²) >= 11 is 0. The number of rotatable bonds is 7. The number of nitrogens with zero attached hydrogens (tertiary/aromatic N) is 1. The molecule has 2 aliphatic rings. The van der Waals surface area contributed by atoms with Crippen LogP contribution in [0.3, 0.4) is 0 Å². The molecule has 3 aromatic rings. The van der Waals surface area contributed by atoms with Gasteiger partial charge in [0.05, 0.1) is 35.9 Å². The molecule has 4 heterocycles. The van der Waals surface area contributed by atoms with Gasteiger partial charge in [0.1, 0.15) is 11.9 Å². The maximum atomic E-state index is 14.4. The van der Waals surface area contributed by atoms with Gasteiger partial charge in [-0.25, -0.2) is 4.39 Å². The highest BCUT2D eigenvalue weighted by Gasteiger charge is 2.30. The molecule has 172 valence electrons. The van der Waals surface area contributed by atoms with Gasteiger partial charge in [-0.2, -0.15) is 0 Å². The van der Waals surface area contributed by atoms with Gasteiger partial charge in [-0.15, -0.1) is 0 Å². The van der Waals surface area contributed by atoms with Crippen LogP contribution in [0.25, 0.3) is 11.3 Å². The van der Waals surface area contributed by atoms with Gasteiger partial charge in [0.2, 0.25) is 0 Å². The third-order valence-corrected chi connectivity index (χ3v) is 6.19. The van der Waals surface area contributed by atoms with Crippen molar-refractivity contribution in [2.75, 3.05) is 25.5 Å². The van der Waals surface area contributed by atoms with Crippen molar-refractivity contribution in [1.82, 2.24) is 20.6 Å². The molecule has 0 bridgehead atoms. The summed E-state index contributed by atoms with van der Waals surface area (Å²) in [7, 11) is 1.41. The number of benzene rings is 1. The molecule has 33 heavy (non-hydrogen) atoms. The van der Waals surface area contributed by atoms with Crippen LogP contribution in [0.1, 0.15) is 29.4 Å². The van der Waals surface area contributed by atoms with Gasteiger partial charge in [-0.05, 0) is 38.1 Å². The number of fused-ring (bicyclic) bond motifs is 1. The van der Waals surface area contributed by atoms with Crippen LogP contribution in [0.5, 0.6) is 11.5 Å². The minimum atomic E-state index is -0.493. The Kier molecular flexibility index (Phi) is 5.63. The van der Waals surface area contributed by atoms with Crippen LogP contribution >= 0.6 is 0 Å². The summed E-state index contributed by atoms with van der Waals surface area (Å²) in [5, 5.41) is 9.50. The van der Waals surface area contributed by atoms with E-state index in [0.29, 0.717) is 41.3 Å².